The Morgan fingerprint density at radius 3 is 2.67 bits per heavy atom. The van der Waals surface area contributed by atoms with Crippen molar-refractivity contribution < 1.29 is 9.84 Å². The fraction of sp³-hybridized carbons (Fsp3) is 0.222. The lowest BCUT2D eigenvalue weighted by atomic mass is 10.3. The first kappa shape index (κ1) is 8.59. The highest BCUT2D eigenvalue weighted by Gasteiger charge is 2.01. The van der Waals surface area contributed by atoms with Crippen molar-refractivity contribution >= 4 is 0 Å². The van der Waals surface area contributed by atoms with Gasteiger partial charge in [0.2, 0.25) is 0 Å². The molecule has 0 aromatic heterocycles. The van der Waals surface area contributed by atoms with Crippen LogP contribution in [0.15, 0.2) is 23.0 Å². The van der Waals surface area contributed by atoms with Crippen molar-refractivity contribution in [3.8, 4) is 11.5 Å². The summed E-state index contributed by atoms with van der Waals surface area (Å²) < 4.78 is 4.79. The first-order chi connectivity index (χ1) is 5.65. The number of methoxy groups -OCH3 is 1. The molecule has 64 valence electrons. The highest BCUT2D eigenvalue weighted by atomic mass is 16.5. The van der Waals surface area contributed by atoms with E-state index in [0.29, 0.717) is 0 Å². The summed E-state index contributed by atoms with van der Waals surface area (Å²) in [5.41, 5.74) is 0.384. The van der Waals surface area contributed by atoms with Crippen LogP contribution in [0.4, 0.5) is 0 Å². The van der Waals surface area contributed by atoms with Gasteiger partial charge in [-0.1, -0.05) is 6.07 Å². The lowest BCUT2D eigenvalue weighted by Gasteiger charge is -1.92. The molecule has 1 N–H and O–H groups in total. The third-order valence-corrected chi connectivity index (χ3v) is 1.54. The molecule has 0 aliphatic rings. The Morgan fingerprint density at radius 2 is 2.08 bits per heavy atom. The minimum Gasteiger partial charge on any atom is -0.504 e. The molecule has 3 heteroatoms. The molecule has 3 nitrogen and oxygen atoms in total. The maximum absolute atomic E-state index is 11.2. The lowest BCUT2D eigenvalue weighted by molar-refractivity contribution is 0.403. The molecule has 0 bridgehead atoms. The average Bonchev–Trinajstić information content (AvgIpc) is 2.18. The van der Waals surface area contributed by atoms with E-state index >= 15 is 0 Å². The summed E-state index contributed by atoms with van der Waals surface area (Å²) in [4.78, 5) is 11.2. The molecule has 0 heterocycles. The minimum absolute atomic E-state index is 0.162. The first-order valence-corrected chi connectivity index (χ1v) is 3.53. The maximum atomic E-state index is 11.2. The Labute approximate surface area is 70.2 Å². The molecule has 12 heavy (non-hydrogen) atoms. The molecule has 0 aliphatic heterocycles. The van der Waals surface area contributed by atoms with Gasteiger partial charge in [0, 0.05) is 0 Å². The second kappa shape index (κ2) is 3.26. The van der Waals surface area contributed by atoms with Crippen LogP contribution >= 0.6 is 0 Å². The van der Waals surface area contributed by atoms with Crippen molar-refractivity contribution in [2.75, 3.05) is 7.11 Å². The number of aromatic hydroxyl groups is 1. The van der Waals surface area contributed by atoms with Crippen LogP contribution in [0, 0.1) is 6.92 Å². The van der Waals surface area contributed by atoms with Gasteiger partial charge in [-0.2, -0.15) is 0 Å². The van der Waals surface area contributed by atoms with Crippen molar-refractivity contribution in [3.05, 3.63) is 34.0 Å². The SMILES string of the molecule is COc1cc(C)ccc(O)c1=O. The van der Waals surface area contributed by atoms with Crippen molar-refractivity contribution in [1.29, 1.82) is 0 Å². The predicted molar refractivity (Wildman–Crippen MR) is 45.7 cm³/mol. The van der Waals surface area contributed by atoms with E-state index in [1.807, 2.05) is 6.92 Å². The second-order valence-corrected chi connectivity index (χ2v) is 2.50. The van der Waals surface area contributed by atoms with Crippen LogP contribution in [-0.4, -0.2) is 12.2 Å². The summed E-state index contributed by atoms with van der Waals surface area (Å²) in [7, 11) is 1.40. The zero-order valence-corrected chi connectivity index (χ0v) is 7.00. The fourth-order valence-corrected chi connectivity index (χ4v) is 0.884. The van der Waals surface area contributed by atoms with Gasteiger partial charge in [0.1, 0.15) is 0 Å². The molecule has 0 saturated carbocycles. The van der Waals surface area contributed by atoms with Gasteiger partial charge >= 0.3 is 0 Å². The van der Waals surface area contributed by atoms with Crippen LogP contribution in [0.1, 0.15) is 5.56 Å². The first-order valence-electron chi connectivity index (χ1n) is 3.53. The number of ether oxygens (including phenoxy) is 1. The maximum Gasteiger partial charge on any atom is 0.261 e. The average molecular weight is 166 g/mol. The molecule has 0 spiro atoms. The van der Waals surface area contributed by atoms with E-state index in [4.69, 9.17) is 9.84 Å². The third-order valence-electron chi connectivity index (χ3n) is 1.54. The Balaban J connectivity index is 3.50. The Hall–Kier alpha value is -1.51. The molecule has 0 radical (unpaired) electrons. The standard InChI is InChI=1S/C9H10O3/c1-6-3-4-7(10)9(11)8(5-6)12-2/h3-5H,1-2H3,(H,10,11). The van der Waals surface area contributed by atoms with Gasteiger partial charge in [-0.3, -0.25) is 4.79 Å². The van der Waals surface area contributed by atoms with E-state index in [9.17, 15) is 4.79 Å². The van der Waals surface area contributed by atoms with E-state index < -0.39 is 5.43 Å². The van der Waals surface area contributed by atoms with Crippen molar-refractivity contribution in [2.45, 2.75) is 6.92 Å². The summed E-state index contributed by atoms with van der Waals surface area (Å²) in [6.07, 6.45) is 0. The van der Waals surface area contributed by atoms with E-state index in [-0.39, 0.29) is 11.5 Å². The predicted octanol–water partition coefficient (Wildman–Crippen LogP) is 1.07. The number of hydrogen-bond donors (Lipinski definition) is 1. The van der Waals surface area contributed by atoms with E-state index in [1.165, 1.54) is 13.2 Å². The fourth-order valence-electron chi connectivity index (χ4n) is 0.884. The van der Waals surface area contributed by atoms with Crippen LogP contribution < -0.4 is 10.2 Å². The van der Waals surface area contributed by atoms with Crippen LogP contribution in [0.5, 0.6) is 11.5 Å². The molecule has 0 aliphatic carbocycles. The monoisotopic (exact) mass is 166 g/mol. The molecule has 1 rings (SSSR count). The van der Waals surface area contributed by atoms with Crippen LogP contribution in [0.25, 0.3) is 0 Å². The van der Waals surface area contributed by atoms with Crippen molar-refractivity contribution in [3.63, 3.8) is 0 Å². The normalized spacial score (nSPS) is 9.50. The molecule has 0 unspecified atom stereocenters. The molecule has 0 amide bonds. The number of aryl methyl sites for hydroxylation is 1. The minimum atomic E-state index is -0.481. The smallest absolute Gasteiger partial charge is 0.261 e. The molecule has 1 aromatic rings. The zero-order valence-electron chi connectivity index (χ0n) is 7.00. The van der Waals surface area contributed by atoms with E-state index in [1.54, 1.807) is 12.1 Å². The third kappa shape index (κ3) is 1.56. The Morgan fingerprint density at radius 1 is 1.42 bits per heavy atom. The molecular formula is C9H10O3. The summed E-state index contributed by atoms with van der Waals surface area (Å²) in [5.74, 6) is -0.130. The zero-order chi connectivity index (χ0) is 9.14. The van der Waals surface area contributed by atoms with E-state index in [0.717, 1.165) is 5.56 Å². The van der Waals surface area contributed by atoms with Crippen molar-refractivity contribution in [2.24, 2.45) is 0 Å². The van der Waals surface area contributed by atoms with Gasteiger partial charge in [0.05, 0.1) is 7.11 Å². The molecule has 1 aromatic carbocycles. The lowest BCUT2D eigenvalue weighted by Crippen LogP contribution is -2.00. The quantitative estimate of drug-likeness (QED) is 0.678. The largest absolute Gasteiger partial charge is 0.504 e. The van der Waals surface area contributed by atoms with Gasteiger partial charge in [-0.15, -0.1) is 0 Å². The molecule has 0 saturated heterocycles. The van der Waals surface area contributed by atoms with Crippen molar-refractivity contribution in [1.82, 2.24) is 0 Å². The summed E-state index contributed by atoms with van der Waals surface area (Å²) in [6.45, 7) is 1.82. The Bertz CT molecular complexity index is 344. The Kier molecular flexibility index (Phi) is 2.33. The topological polar surface area (TPSA) is 46.5 Å². The molecule has 0 atom stereocenters. The highest BCUT2D eigenvalue weighted by Crippen LogP contribution is 2.09. The summed E-state index contributed by atoms with van der Waals surface area (Å²) in [6, 6.07) is 4.60. The van der Waals surface area contributed by atoms with Gasteiger partial charge in [-0.25, -0.2) is 0 Å². The number of hydrogen-bond acceptors (Lipinski definition) is 3. The van der Waals surface area contributed by atoms with Gasteiger partial charge in [0.15, 0.2) is 11.5 Å². The second-order valence-electron chi connectivity index (χ2n) is 2.50. The van der Waals surface area contributed by atoms with Gasteiger partial charge in [0.25, 0.3) is 5.43 Å². The van der Waals surface area contributed by atoms with Gasteiger partial charge in [-0.05, 0) is 24.6 Å². The van der Waals surface area contributed by atoms with Crippen LogP contribution in [0.3, 0.4) is 0 Å². The summed E-state index contributed by atoms with van der Waals surface area (Å²) in [5, 5.41) is 9.12. The summed E-state index contributed by atoms with van der Waals surface area (Å²) >= 11 is 0. The molecule has 0 fully saturated rings. The van der Waals surface area contributed by atoms with Crippen LogP contribution in [-0.2, 0) is 0 Å². The highest BCUT2D eigenvalue weighted by molar-refractivity contribution is 5.33. The van der Waals surface area contributed by atoms with E-state index in [2.05, 4.69) is 0 Å². The van der Waals surface area contributed by atoms with Gasteiger partial charge < -0.3 is 9.84 Å². The molecular weight excluding hydrogens is 156 g/mol. The number of rotatable bonds is 1. The van der Waals surface area contributed by atoms with Crippen LogP contribution in [0.2, 0.25) is 0 Å².